The molecule has 0 saturated carbocycles. The Labute approximate surface area is 119 Å². The number of nitrogens with one attached hydrogen (secondary N) is 2. The molecule has 7 heteroatoms. The van der Waals surface area contributed by atoms with Crippen LogP contribution in [0.2, 0.25) is 10.0 Å². The van der Waals surface area contributed by atoms with Gasteiger partial charge in [-0.15, -0.1) is 0 Å². The Morgan fingerprint density at radius 2 is 2.22 bits per heavy atom. The fraction of sp³-hybridized carbons (Fsp3) is 0.364. The van der Waals surface area contributed by atoms with Crippen molar-refractivity contribution in [2.75, 3.05) is 16.9 Å². The molecule has 0 aromatic heterocycles. The van der Waals surface area contributed by atoms with Gasteiger partial charge in [-0.25, -0.2) is 0 Å². The Bertz CT molecular complexity index is 464. The summed E-state index contributed by atoms with van der Waals surface area (Å²) in [6, 6.07) is 4.87. The van der Waals surface area contributed by atoms with E-state index in [2.05, 4.69) is 10.9 Å². The standard InChI is InChI=1S/C11H12Cl2N2O2S/c12-7-1-2-9(8(13)5-7)14-15-10(16)11(17)3-4-18-6-11/h1-2,5,14,17H,3-4,6H2,(H,15,16). The van der Waals surface area contributed by atoms with E-state index in [9.17, 15) is 9.90 Å². The zero-order valence-corrected chi connectivity index (χ0v) is 11.7. The minimum Gasteiger partial charge on any atom is -0.379 e. The maximum absolute atomic E-state index is 11.8. The van der Waals surface area contributed by atoms with Crippen molar-refractivity contribution < 1.29 is 9.90 Å². The molecule has 1 unspecified atom stereocenters. The molecule has 1 atom stereocenters. The monoisotopic (exact) mass is 306 g/mol. The number of benzene rings is 1. The molecular formula is C11H12Cl2N2O2S. The van der Waals surface area contributed by atoms with E-state index in [0.29, 0.717) is 27.9 Å². The summed E-state index contributed by atoms with van der Waals surface area (Å²) in [6.07, 6.45) is 0.458. The van der Waals surface area contributed by atoms with E-state index in [1.807, 2.05) is 0 Å². The third-order valence-corrected chi connectivity index (χ3v) is 4.39. The molecule has 1 saturated heterocycles. The molecule has 0 aliphatic carbocycles. The van der Waals surface area contributed by atoms with Gasteiger partial charge in [0.2, 0.25) is 0 Å². The number of halogens is 2. The topological polar surface area (TPSA) is 61.4 Å². The molecule has 1 heterocycles. The number of anilines is 1. The maximum atomic E-state index is 11.8. The molecule has 0 bridgehead atoms. The second-order valence-electron chi connectivity index (χ2n) is 4.04. The maximum Gasteiger partial charge on any atom is 0.271 e. The Kier molecular flexibility index (Phi) is 4.27. The number of hydrogen-bond donors (Lipinski definition) is 3. The number of aliphatic hydroxyl groups is 1. The lowest BCUT2D eigenvalue weighted by atomic mass is 10.0. The molecule has 3 N–H and O–H groups in total. The molecule has 1 aliphatic heterocycles. The Hall–Kier alpha value is -0.620. The van der Waals surface area contributed by atoms with Gasteiger partial charge in [0.05, 0.1) is 10.7 Å². The average molecular weight is 307 g/mol. The third kappa shape index (κ3) is 3.03. The van der Waals surface area contributed by atoms with Crippen LogP contribution in [-0.4, -0.2) is 28.1 Å². The lowest BCUT2D eigenvalue weighted by Gasteiger charge is -2.21. The van der Waals surface area contributed by atoms with E-state index >= 15 is 0 Å². The number of carbonyl (C=O) groups excluding carboxylic acids is 1. The van der Waals surface area contributed by atoms with Gasteiger partial charge in [-0.2, -0.15) is 11.8 Å². The van der Waals surface area contributed by atoms with Crippen LogP contribution in [0.3, 0.4) is 0 Å². The minimum atomic E-state index is -1.30. The largest absolute Gasteiger partial charge is 0.379 e. The lowest BCUT2D eigenvalue weighted by molar-refractivity contribution is -0.136. The molecule has 0 spiro atoms. The first kappa shape index (κ1) is 13.8. The molecule has 18 heavy (non-hydrogen) atoms. The molecule has 1 aromatic rings. The van der Waals surface area contributed by atoms with Crippen molar-refractivity contribution in [3.63, 3.8) is 0 Å². The predicted molar refractivity (Wildman–Crippen MR) is 75.1 cm³/mol. The van der Waals surface area contributed by atoms with Crippen LogP contribution in [0.4, 0.5) is 5.69 Å². The van der Waals surface area contributed by atoms with Crippen molar-refractivity contribution in [1.29, 1.82) is 0 Å². The van der Waals surface area contributed by atoms with Gasteiger partial charge in [-0.05, 0) is 30.4 Å². The van der Waals surface area contributed by atoms with E-state index in [0.717, 1.165) is 5.75 Å². The van der Waals surface area contributed by atoms with Crippen molar-refractivity contribution in [2.45, 2.75) is 12.0 Å². The van der Waals surface area contributed by atoms with Crippen LogP contribution in [0, 0.1) is 0 Å². The number of amides is 1. The first-order chi connectivity index (χ1) is 8.51. The molecule has 1 amide bonds. The average Bonchev–Trinajstić information content (AvgIpc) is 2.76. The first-order valence-electron chi connectivity index (χ1n) is 5.33. The van der Waals surface area contributed by atoms with Crippen LogP contribution < -0.4 is 10.9 Å². The summed E-state index contributed by atoms with van der Waals surface area (Å²) in [5.74, 6) is 0.749. The Balaban J connectivity index is 1.97. The van der Waals surface area contributed by atoms with Gasteiger partial charge in [0.15, 0.2) is 5.60 Å². The third-order valence-electron chi connectivity index (χ3n) is 2.67. The zero-order valence-electron chi connectivity index (χ0n) is 9.37. The fourth-order valence-corrected chi connectivity index (χ4v) is 3.26. The van der Waals surface area contributed by atoms with Crippen molar-refractivity contribution in [3.8, 4) is 0 Å². The summed E-state index contributed by atoms with van der Waals surface area (Å²) in [5, 5.41) is 10.9. The summed E-state index contributed by atoms with van der Waals surface area (Å²) in [4.78, 5) is 11.8. The van der Waals surface area contributed by atoms with E-state index in [4.69, 9.17) is 23.2 Å². The van der Waals surface area contributed by atoms with Crippen molar-refractivity contribution in [1.82, 2.24) is 5.43 Å². The molecule has 1 fully saturated rings. The first-order valence-corrected chi connectivity index (χ1v) is 7.24. The molecule has 2 rings (SSSR count). The minimum absolute atomic E-state index is 0.399. The lowest BCUT2D eigenvalue weighted by Crippen LogP contribution is -2.48. The molecule has 4 nitrogen and oxygen atoms in total. The summed E-state index contributed by atoms with van der Waals surface area (Å²) in [5.41, 5.74) is 4.38. The smallest absolute Gasteiger partial charge is 0.271 e. The van der Waals surface area contributed by atoms with Crippen LogP contribution in [-0.2, 0) is 4.79 Å². The highest BCUT2D eigenvalue weighted by molar-refractivity contribution is 7.99. The highest BCUT2D eigenvalue weighted by Crippen LogP contribution is 2.28. The van der Waals surface area contributed by atoms with Crippen LogP contribution in [0.1, 0.15) is 6.42 Å². The van der Waals surface area contributed by atoms with Gasteiger partial charge in [0, 0.05) is 10.8 Å². The molecule has 1 aliphatic rings. The molecule has 98 valence electrons. The molecule has 0 radical (unpaired) electrons. The van der Waals surface area contributed by atoms with Crippen molar-refractivity contribution in [2.24, 2.45) is 0 Å². The van der Waals surface area contributed by atoms with Crippen LogP contribution in [0.5, 0.6) is 0 Å². The Morgan fingerprint density at radius 1 is 1.44 bits per heavy atom. The van der Waals surface area contributed by atoms with Crippen molar-refractivity contribution in [3.05, 3.63) is 28.2 Å². The van der Waals surface area contributed by atoms with E-state index < -0.39 is 11.5 Å². The number of carbonyl (C=O) groups is 1. The SMILES string of the molecule is O=C(NNc1ccc(Cl)cc1Cl)C1(O)CCSC1. The van der Waals surface area contributed by atoms with Crippen molar-refractivity contribution >= 4 is 46.6 Å². The van der Waals surface area contributed by atoms with E-state index in [-0.39, 0.29) is 0 Å². The zero-order chi connectivity index (χ0) is 13.2. The van der Waals surface area contributed by atoms with Crippen LogP contribution >= 0.6 is 35.0 Å². The second kappa shape index (κ2) is 5.57. The summed E-state index contributed by atoms with van der Waals surface area (Å²) in [7, 11) is 0. The van der Waals surface area contributed by atoms with Gasteiger partial charge >= 0.3 is 0 Å². The summed E-state index contributed by atoms with van der Waals surface area (Å²) >= 11 is 13.3. The van der Waals surface area contributed by atoms with Gasteiger partial charge in [0.25, 0.3) is 5.91 Å². The van der Waals surface area contributed by atoms with Gasteiger partial charge in [-0.3, -0.25) is 15.6 Å². The Morgan fingerprint density at radius 3 is 2.83 bits per heavy atom. The van der Waals surface area contributed by atoms with Gasteiger partial charge < -0.3 is 5.11 Å². The van der Waals surface area contributed by atoms with Crippen LogP contribution in [0.15, 0.2) is 18.2 Å². The predicted octanol–water partition coefficient (Wildman–Crippen LogP) is 2.30. The van der Waals surface area contributed by atoms with E-state index in [1.54, 1.807) is 30.0 Å². The number of hydrazine groups is 1. The second-order valence-corrected chi connectivity index (χ2v) is 5.99. The quantitative estimate of drug-likeness (QED) is 0.750. The van der Waals surface area contributed by atoms with Gasteiger partial charge in [0.1, 0.15) is 0 Å². The van der Waals surface area contributed by atoms with E-state index in [1.165, 1.54) is 0 Å². The summed E-state index contributed by atoms with van der Waals surface area (Å²) in [6.45, 7) is 0. The number of hydrogen-bond acceptors (Lipinski definition) is 4. The number of thioether (sulfide) groups is 1. The van der Waals surface area contributed by atoms with Crippen LogP contribution in [0.25, 0.3) is 0 Å². The highest BCUT2D eigenvalue weighted by atomic mass is 35.5. The summed E-state index contributed by atoms with van der Waals surface area (Å²) < 4.78 is 0. The molecule has 1 aromatic carbocycles. The molecular weight excluding hydrogens is 295 g/mol. The normalized spacial score (nSPS) is 22.8. The fourth-order valence-electron chi connectivity index (χ4n) is 1.56. The number of rotatable bonds is 3. The van der Waals surface area contributed by atoms with Gasteiger partial charge in [-0.1, -0.05) is 23.2 Å². The highest BCUT2D eigenvalue weighted by Gasteiger charge is 2.39.